The molecular weight excluding hydrogens is 365 g/mol. The van der Waals surface area contributed by atoms with E-state index in [4.69, 9.17) is 9.47 Å². The third-order valence-electron chi connectivity index (χ3n) is 5.39. The number of carbonyl (C=O) groups excluding carboxylic acids is 1. The molecule has 1 aromatic rings. The molecule has 148 valence electrons. The molecule has 3 saturated heterocycles. The first-order valence-corrected chi connectivity index (χ1v) is 8.96. The Morgan fingerprint density at radius 3 is 2.59 bits per heavy atom. The largest absolute Gasteiger partial charge is 0.573 e. The van der Waals surface area contributed by atoms with Crippen LogP contribution in [0.1, 0.15) is 12.8 Å². The van der Waals surface area contributed by atoms with Gasteiger partial charge in [-0.05, 0) is 30.7 Å². The summed E-state index contributed by atoms with van der Waals surface area (Å²) in [4.78, 5) is 15.8. The van der Waals surface area contributed by atoms with Crippen molar-refractivity contribution in [3.8, 4) is 5.75 Å². The quantitative estimate of drug-likeness (QED) is 0.743. The van der Waals surface area contributed by atoms with Crippen LogP contribution in [0.5, 0.6) is 5.75 Å². The topological polar surface area (TPSA) is 51.2 Å². The molecule has 27 heavy (non-hydrogen) atoms. The van der Waals surface area contributed by atoms with Gasteiger partial charge in [-0.15, -0.1) is 13.2 Å². The molecule has 0 N–H and O–H groups in total. The van der Waals surface area contributed by atoms with Crippen molar-refractivity contribution in [2.24, 2.45) is 0 Å². The number of anilines is 1. The maximum atomic E-state index is 12.3. The van der Waals surface area contributed by atoms with Crippen LogP contribution in [0.3, 0.4) is 0 Å². The van der Waals surface area contributed by atoms with Gasteiger partial charge < -0.3 is 19.1 Å². The Hall–Kier alpha value is -2.00. The lowest BCUT2D eigenvalue weighted by Crippen LogP contribution is -2.56. The molecule has 0 amide bonds. The van der Waals surface area contributed by atoms with Crippen LogP contribution in [0.2, 0.25) is 0 Å². The summed E-state index contributed by atoms with van der Waals surface area (Å²) in [5, 5.41) is 0. The van der Waals surface area contributed by atoms with E-state index in [0.717, 1.165) is 31.7 Å². The minimum atomic E-state index is -4.69. The van der Waals surface area contributed by atoms with Crippen molar-refractivity contribution < 1.29 is 32.2 Å². The zero-order valence-corrected chi connectivity index (χ0v) is 14.7. The SMILES string of the molecule is O=C1CC(N2CCOC3(CCN(c4ccc(OC(F)(F)F)cc4)C3)C2)CO1. The lowest BCUT2D eigenvalue weighted by molar-refractivity contribution is -0.274. The molecule has 2 unspecified atom stereocenters. The number of nitrogens with zero attached hydrogens (tertiary/aromatic N) is 2. The van der Waals surface area contributed by atoms with Gasteiger partial charge in [-0.2, -0.15) is 0 Å². The molecule has 0 saturated carbocycles. The number of morpholine rings is 1. The number of alkyl halides is 3. The van der Waals surface area contributed by atoms with Crippen LogP contribution in [-0.2, 0) is 14.3 Å². The third kappa shape index (κ3) is 4.14. The molecule has 4 rings (SSSR count). The van der Waals surface area contributed by atoms with E-state index in [2.05, 4.69) is 14.5 Å². The fourth-order valence-electron chi connectivity index (χ4n) is 4.09. The highest BCUT2D eigenvalue weighted by Crippen LogP contribution is 2.34. The first-order valence-electron chi connectivity index (χ1n) is 8.96. The van der Waals surface area contributed by atoms with Crippen molar-refractivity contribution in [1.29, 1.82) is 0 Å². The molecule has 3 aliphatic heterocycles. The monoisotopic (exact) mass is 386 g/mol. The summed E-state index contributed by atoms with van der Waals surface area (Å²) in [7, 11) is 0. The molecule has 6 nitrogen and oxygen atoms in total. The Morgan fingerprint density at radius 2 is 1.93 bits per heavy atom. The van der Waals surface area contributed by atoms with Gasteiger partial charge in [-0.1, -0.05) is 0 Å². The fraction of sp³-hybridized carbons (Fsp3) is 0.611. The Kier molecular flexibility index (Phi) is 4.67. The second-order valence-corrected chi connectivity index (χ2v) is 7.26. The molecule has 9 heteroatoms. The number of carbonyl (C=O) groups is 1. The van der Waals surface area contributed by atoms with E-state index in [0.29, 0.717) is 26.2 Å². The van der Waals surface area contributed by atoms with Gasteiger partial charge in [0.05, 0.1) is 24.7 Å². The molecule has 3 heterocycles. The lowest BCUT2D eigenvalue weighted by atomic mass is 9.99. The Morgan fingerprint density at radius 1 is 1.15 bits per heavy atom. The van der Waals surface area contributed by atoms with E-state index in [1.54, 1.807) is 12.1 Å². The van der Waals surface area contributed by atoms with Gasteiger partial charge in [0.1, 0.15) is 12.4 Å². The third-order valence-corrected chi connectivity index (χ3v) is 5.39. The zero-order chi connectivity index (χ0) is 19.1. The number of esters is 1. The van der Waals surface area contributed by atoms with Crippen molar-refractivity contribution >= 4 is 11.7 Å². The predicted molar refractivity (Wildman–Crippen MR) is 89.6 cm³/mol. The maximum absolute atomic E-state index is 12.3. The molecule has 1 spiro atoms. The average Bonchev–Trinajstić information content (AvgIpc) is 3.21. The molecule has 0 radical (unpaired) electrons. The summed E-state index contributed by atoms with van der Waals surface area (Å²) < 4.78 is 52.0. The van der Waals surface area contributed by atoms with E-state index >= 15 is 0 Å². The minimum Gasteiger partial charge on any atom is -0.464 e. The van der Waals surface area contributed by atoms with Gasteiger partial charge in [0, 0.05) is 31.9 Å². The second kappa shape index (κ2) is 6.87. The summed E-state index contributed by atoms with van der Waals surface area (Å²) in [6.07, 6.45) is -3.45. The van der Waals surface area contributed by atoms with Crippen LogP contribution in [0, 0.1) is 0 Å². The Labute approximate surface area is 154 Å². The molecule has 0 aliphatic carbocycles. The van der Waals surface area contributed by atoms with Crippen molar-refractivity contribution in [3.05, 3.63) is 24.3 Å². The van der Waals surface area contributed by atoms with E-state index in [-0.39, 0.29) is 23.4 Å². The van der Waals surface area contributed by atoms with Crippen molar-refractivity contribution in [3.63, 3.8) is 0 Å². The molecule has 0 bridgehead atoms. The van der Waals surface area contributed by atoms with Crippen LogP contribution in [0.15, 0.2) is 24.3 Å². The number of cyclic esters (lactones) is 1. The maximum Gasteiger partial charge on any atom is 0.573 e. The average molecular weight is 386 g/mol. The molecule has 1 aromatic carbocycles. The first kappa shape index (κ1) is 18.4. The smallest absolute Gasteiger partial charge is 0.464 e. The van der Waals surface area contributed by atoms with Gasteiger partial charge in [-0.25, -0.2) is 0 Å². The number of hydrogen-bond acceptors (Lipinski definition) is 6. The van der Waals surface area contributed by atoms with Crippen LogP contribution >= 0.6 is 0 Å². The summed E-state index contributed by atoms with van der Waals surface area (Å²) in [6, 6.07) is 6.01. The highest BCUT2D eigenvalue weighted by Gasteiger charge is 2.45. The number of ether oxygens (including phenoxy) is 3. The van der Waals surface area contributed by atoms with Crippen LogP contribution < -0.4 is 9.64 Å². The van der Waals surface area contributed by atoms with Crippen LogP contribution in [0.25, 0.3) is 0 Å². The van der Waals surface area contributed by atoms with E-state index in [9.17, 15) is 18.0 Å². The lowest BCUT2D eigenvalue weighted by Gasteiger charge is -2.42. The number of benzene rings is 1. The molecule has 2 atom stereocenters. The van der Waals surface area contributed by atoms with Crippen LogP contribution in [0.4, 0.5) is 18.9 Å². The van der Waals surface area contributed by atoms with Gasteiger partial charge >= 0.3 is 12.3 Å². The highest BCUT2D eigenvalue weighted by atomic mass is 19.4. The van der Waals surface area contributed by atoms with Crippen molar-refractivity contribution in [2.45, 2.75) is 30.8 Å². The number of rotatable bonds is 3. The summed E-state index contributed by atoms with van der Waals surface area (Å²) >= 11 is 0. The highest BCUT2D eigenvalue weighted by molar-refractivity contribution is 5.72. The van der Waals surface area contributed by atoms with Crippen molar-refractivity contribution in [2.75, 3.05) is 44.3 Å². The van der Waals surface area contributed by atoms with Crippen molar-refractivity contribution in [1.82, 2.24) is 4.90 Å². The number of hydrogen-bond donors (Lipinski definition) is 0. The first-order chi connectivity index (χ1) is 12.8. The van der Waals surface area contributed by atoms with Gasteiger partial charge in [0.15, 0.2) is 0 Å². The summed E-state index contributed by atoms with van der Waals surface area (Å²) in [6.45, 7) is 3.93. The number of halogens is 3. The van der Waals surface area contributed by atoms with E-state index < -0.39 is 6.36 Å². The predicted octanol–water partition coefficient (Wildman–Crippen LogP) is 2.18. The van der Waals surface area contributed by atoms with E-state index in [1.807, 2.05) is 0 Å². The zero-order valence-electron chi connectivity index (χ0n) is 14.7. The fourth-order valence-corrected chi connectivity index (χ4v) is 4.09. The standard InChI is InChI=1S/C18H21F3N2O4/c19-18(20,21)27-15-3-1-13(2-4-15)22-6-5-17(11-22)12-23(7-8-26-17)14-9-16(24)25-10-14/h1-4,14H,5-12H2. The molecule has 3 fully saturated rings. The Bertz CT molecular complexity index is 697. The second-order valence-electron chi connectivity index (χ2n) is 7.26. The summed E-state index contributed by atoms with van der Waals surface area (Å²) in [5.41, 5.74) is 0.506. The van der Waals surface area contributed by atoms with Gasteiger partial charge in [-0.3, -0.25) is 9.69 Å². The van der Waals surface area contributed by atoms with Gasteiger partial charge in [0.2, 0.25) is 0 Å². The molecule has 3 aliphatic rings. The Balaban J connectivity index is 1.39. The molecular formula is C18H21F3N2O4. The molecule has 0 aromatic heterocycles. The van der Waals surface area contributed by atoms with Gasteiger partial charge in [0.25, 0.3) is 0 Å². The summed E-state index contributed by atoms with van der Waals surface area (Å²) in [5.74, 6) is -0.388. The van der Waals surface area contributed by atoms with Crippen LogP contribution in [-0.4, -0.2) is 68.3 Å². The normalized spacial score (nSPS) is 29.4. The minimum absolute atomic E-state index is 0.103. The van der Waals surface area contributed by atoms with E-state index in [1.165, 1.54) is 12.1 Å².